The van der Waals surface area contributed by atoms with Crippen molar-refractivity contribution in [2.75, 3.05) is 6.54 Å². The molecular weight excluding hydrogens is 182 g/mol. The Balaban J connectivity index is 2.41. The van der Waals surface area contributed by atoms with Crippen LogP contribution >= 0.6 is 0 Å². The minimum absolute atomic E-state index is 0.0252. The molecule has 1 aliphatic heterocycles. The Kier molecular flexibility index (Phi) is 3.38. The van der Waals surface area contributed by atoms with Crippen LogP contribution in [0.3, 0.4) is 0 Å². The molecule has 1 fully saturated rings. The van der Waals surface area contributed by atoms with Crippen molar-refractivity contribution < 1.29 is 14.4 Å². The average Bonchev–Trinajstić information content (AvgIpc) is 2.43. The van der Waals surface area contributed by atoms with Crippen molar-refractivity contribution >= 4 is 17.6 Å². The number of hydrogen-bond acceptors (Lipinski definition) is 3. The minimum Gasteiger partial charge on any atom is -0.299 e. The van der Waals surface area contributed by atoms with Crippen LogP contribution in [-0.4, -0.2) is 29.0 Å². The van der Waals surface area contributed by atoms with Gasteiger partial charge in [-0.2, -0.15) is 0 Å². The summed E-state index contributed by atoms with van der Waals surface area (Å²) in [5, 5.41) is 0. The van der Waals surface area contributed by atoms with Gasteiger partial charge in [-0.1, -0.05) is 13.8 Å². The highest BCUT2D eigenvalue weighted by atomic mass is 16.2. The average molecular weight is 197 g/mol. The largest absolute Gasteiger partial charge is 0.299 e. The summed E-state index contributed by atoms with van der Waals surface area (Å²) >= 11 is 0. The minimum atomic E-state index is -0.147. The fraction of sp³-hybridized carbons (Fsp3) is 0.700. The van der Waals surface area contributed by atoms with Crippen molar-refractivity contribution in [3.63, 3.8) is 0 Å². The lowest BCUT2D eigenvalue weighted by atomic mass is 10.1. The van der Waals surface area contributed by atoms with Gasteiger partial charge in [-0.25, -0.2) is 0 Å². The van der Waals surface area contributed by atoms with Gasteiger partial charge in [0.05, 0.1) is 0 Å². The first-order valence-corrected chi connectivity index (χ1v) is 4.88. The molecule has 0 atom stereocenters. The molecule has 4 heteroatoms. The van der Waals surface area contributed by atoms with Crippen LogP contribution in [-0.2, 0) is 14.4 Å². The highest BCUT2D eigenvalue weighted by Crippen LogP contribution is 2.12. The lowest BCUT2D eigenvalue weighted by molar-refractivity contribution is -0.138. The highest BCUT2D eigenvalue weighted by Gasteiger charge is 2.28. The Morgan fingerprint density at radius 3 is 2.21 bits per heavy atom. The van der Waals surface area contributed by atoms with Gasteiger partial charge in [0.15, 0.2) is 0 Å². The fourth-order valence-electron chi connectivity index (χ4n) is 1.38. The lowest BCUT2D eigenvalue weighted by Crippen LogP contribution is -2.31. The van der Waals surface area contributed by atoms with E-state index in [0.717, 1.165) is 0 Å². The molecule has 1 heterocycles. The zero-order valence-electron chi connectivity index (χ0n) is 8.58. The number of carbonyl (C=O) groups excluding carboxylic acids is 3. The monoisotopic (exact) mass is 197 g/mol. The van der Waals surface area contributed by atoms with Crippen LogP contribution in [0.4, 0.5) is 0 Å². The fourth-order valence-corrected chi connectivity index (χ4v) is 1.38. The van der Waals surface area contributed by atoms with E-state index in [0.29, 0.717) is 12.8 Å². The zero-order valence-corrected chi connectivity index (χ0v) is 8.58. The molecule has 0 unspecified atom stereocenters. The summed E-state index contributed by atoms with van der Waals surface area (Å²) < 4.78 is 0. The molecule has 0 aromatic heterocycles. The molecule has 1 aliphatic rings. The van der Waals surface area contributed by atoms with E-state index < -0.39 is 0 Å². The number of Topliss-reactive ketones (excluding diaryl/α,β-unsaturated/α-hetero) is 1. The predicted octanol–water partition coefficient (Wildman–Crippen LogP) is 0.751. The van der Waals surface area contributed by atoms with Crippen LogP contribution in [0.25, 0.3) is 0 Å². The lowest BCUT2D eigenvalue weighted by Gasteiger charge is -2.13. The second-order valence-electron chi connectivity index (χ2n) is 3.81. The highest BCUT2D eigenvalue weighted by molar-refractivity contribution is 6.02. The van der Waals surface area contributed by atoms with Crippen molar-refractivity contribution in [3.05, 3.63) is 0 Å². The van der Waals surface area contributed by atoms with E-state index in [4.69, 9.17) is 0 Å². The van der Waals surface area contributed by atoms with Crippen LogP contribution in [0.2, 0.25) is 0 Å². The summed E-state index contributed by atoms with van der Waals surface area (Å²) in [7, 11) is 0. The summed E-state index contributed by atoms with van der Waals surface area (Å²) in [5.74, 6) is -0.224. The first kappa shape index (κ1) is 10.9. The van der Waals surface area contributed by atoms with Crippen molar-refractivity contribution in [1.29, 1.82) is 0 Å². The molecule has 1 saturated heterocycles. The van der Waals surface area contributed by atoms with Gasteiger partial charge in [0.25, 0.3) is 0 Å². The summed E-state index contributed by atoms with van der Waals surface area (Å²) in [4.78, 5) is 34.8. The Labute approximate surface area is 83.3 Å². The molecule has 0 radical (unpaired) electrons. The van der Waals surface area contributed by atoms with Crippen molar-refractivity contribution in [1.82, 2.24) is 4.90 Å². The predicted molar refractivity (Wildman–Crippen MR) is 50.4 cm³/mol. The summed E-state index contributed by atoms with van der Waals surface area (Å²) in [6.45, 7) is 3.89. The van der Waals surface area contributed by atoms with Crippen molar-refractivity contribution in [3.8, 4) is 0 Å². The Morgan fingerprint density at radius 1 is 1.29 bits per heavy atom. The van der Waals surface area contributed by atoms with Gasteiger partial charge >= 0.3 is 0 Å². The quantitative estimate of drug-likeness (QED) is 0.625. The van der Waals surface area contributed by atoms with E-state index in [9.17, 15) is 14.4 Å². The van der Waals surface area contributed by atoms with Gasteiger partial charge < -0.3 is 0 Å². The molecule has 2 amide bonds. The number of ketones is 1. The van der Waals surface area contributed by atoms with Crippen LogP contribution in [0, 0.1) is 5.92 Å². The molecule has 0 bridgehead atoms. The molecule has 78 valence electrons. The van der Waals surface area contributed by atoms with Crippen LogP contribution in [0.5, 0.6) is 0 Å². The van der Waals surface area contributed by atoms with E-state index in [-0.39, 0.29) is 36.5 Å². The van der Waals surface area contributed by atoms with E-state index in [1.54, 1.807) is 0 Å². The first-order chi connectivity index (χ1) is 6.52. The number of imide groups is 1. The summed E-state index contributed by atoms with van der Waals surface area (Å²) in [6, 6.07) is 0. The Hall–Kier alpha value is -1.19. The molecule has 0 saturated carbocycles. The zero-order chi connectivity index (χ0) is 10.7. The maximum atomic E-state index is 11.3. The SMILES string of the molecule is CC(C)C(=O)CCN1C(=O)CCC1=O. The van der Waals surface area contributed by atoms with Crippen molar-refractivity contribution in [2.45, 2.75) is 33.1 Å². The third-order valence-electron chi connectivity index (χ3n) is 2.38. The molecule has 14 heavy (non-hydrogen) atoms. The molecule has 0 aromatic rings. The number of likely N-dealkylation sites (tertiary alicyclic amines) is 1. The standard InChI is InChI=1S/C10H15NO3/c1-7(2)8(12)5-6-11-9(13)3-4-10(11)14/h7H,3-6H2,1-2H3. The summed E-state index contributed by atoms with van der Waals surface area (Å²) in [6.07, 6.45) is 0.887. The normalized spacial score (nSPS) is 16.9. The number of hydrogen-bond donors (Lipinski definition) is 0. The Bertz CT molecular complexity index is 255. The van der Waals surface area contributed by atoms with E-state index in [2.05, 4.69) is 0 Å². The number of nitrogens with zero attached hydrogens (tertiary/aromatic N) is 1. The van der Waals surface area contributed by atoms with Crippen LogP contribution in [0.1, 0.15) is 33.1 Å². The Morgan fingerprint density at radius 2 is 1.79 bits per heavy atom. The molecule has 0 N–H and O–H groups in total. The topological polar surface area (TPSA) is 54.5 Å². The third-order valence-corrected chi connectivity index (χ3v) is 2.38. The van der Waals surface area contributed by atoms with Gasteiger partial charge in [-0.3, -0.25) is 19.3 Å². The van der Waals surface area contributed by atoms with E-state index in [1.807, 2.05) is 13.8 Å². The van der Waals surface area contributed by atoms with Gasteiger partial charge in [0.1, 0.15) is 5.78 Å². The maximum absolute atomic E-state index is 11.3. The first-order valence-electron chi connectivity index (χ1n) is 4.88. The maximum Gasteiger partial charge on any atom is 0.229 e. The smallest absolute Gasteiger partial charge is 0.229 e. The second-order valence-corrected chi connectivity index (χ2v) is 3.81. The van der Waals surface area contributed by atoms with E-state index in [1.165, 1.54) is 4.90 Å². The number of carbonyl (C=O) groups is 3. The molecule has 4 nitrogen and oxygen atoms in total. The number of amides is 2. The molecule has 0 aliphatic carbocycles. The molecule has 1 rings (SSSR count). The van der Waals surface area contributed by atoms with Gasteiger partial charge in [-0.05, 0) is 0 Å². The molecular formula is C10H15NO3. The van der Waals surface area contributed by atoms with Crippen LogP contribution in [0.15, 0.2) is 0 Å². The van der Waals surface area contributed by atoms with Crippen LogP contribution < -0.4 is 0 Å². The third kappa shape index (κ3) is 2.40. The summed E-state index contributed by atoms with van der Waals surface area (Å²) in [5.41, 5.74) is 0. The molecule has 0 spiro atoms. The van der Waals surface area contributed by atoms with Gasteiger partial charge in [-0.15, -0.1) is 0 Å². The number of rotatable bonds is 4. The van der Waals surface area contributed by atoms with E-state index >= 15 is 0 Å². The van der Waals surface area contributed by atoms with Gasteiger partial charge in [0.2, 0.25) is 11.8 Å². The second kappa shape index (κ2) is 4.35. The van der Waals surface area contributed by atoms with Crippen molar-refractivity contribution in [2.24, 2.45) is 5.92 Å². The van der Waals surface area contributed by atoms with Gasteiger partial charge in [0, 0.05) is 31.7 Å². The molecule has 0 aromatic carbocycles.